The smallest absolute Gasteiger partial charge is 0.226 e. The molecule has 142 valence electrons. The first-order valence-electron chi connectivity index (χ1n) is 8.61. The Kier molecular flexibility index (Phi) is 7.41. The second-order valence-electron chi connectivity index (χ2n) is 6.25. The third-order valence-electron chi connectivity index (χ3n) is 4.57. The number of hydrogen-bond acceptors (Lipinski definition) is 6. The van der Waals surface area contributed by atoms with E-state index in [4.69, 9.17) is 9.26 Å². The molecule has 8 heteroatoms. The molecule has 2 aromatic rings. The summed E-state index contributed by atoms with van der Waals surface area (Å²) in [6, 6.07) is 7.82. The second-order valence-corrected chi connectivity index (χ2v) is 6.25. The van der Waals surface area contributed by atoms with E-state index in [0.717, 1.165) is 30.8 Å². The van der Waals surface area contributed by atoms with Gasteiger partial charge >= 0.3 is 0 Å². The Morgan fingerprint density at radius 3 is 2.81 bits per heavy atom. The molecule has 3 rings (SSSR count). The van der Waals surface area contributed by atoms with Crippen molar-refractivity contribution in [2.75, 3.05) is 27.2 Å². The molecule has 1 aromatic carbocycles. The maximum atomic E-state index is 12.2. The summed E-state index contributed by atoms with van der Waals surface area (Å²) in [6.07, 6.45) is 2.82. The van der Waals surface area contributed by atoms with Gasteiger partial charge in [0.1, 0.15) is 5.75 Å². The van der Waals surface area contributed by atoms with Gasteiger partial charge in [-0.25, -0.2) is 0 Å². The molecule has 7 nitrogen and oxygen atoms in total. The number of hydrogen-bond donors (Lipinski definition) is 1. The van der Waals surface area contributed by atoms with Crippen molar-refractivity contribution in [2.24, 2.45) is 0 Å². The van der Waals surface area contributed by atoms with Gasteiger partial charge in [0.05, 0.1) is 7.11 Å². The van der Waals surface area contributed by atoms with Crippen molar-refractivity contribution in [3.05, 3.63) is 30.2 Å². The number of amides is 1. The molecular formula is C18H25ClN4O3. The number of methoxy groups -OCH3 is 1. The van der Waals surface area contributed by atoms with Crippen LogP contribution >= 0.6 is 12.4 Å². The number of halogens is 1. The zero-order chi connectivity index (χ0) is 17.6. The van der Waals surface area contributed by atoms with Crippen LogP contribution in [0.5, 0.6) is 5.75 Å². The summed E-state index contributed by atoms with van der Waals surface area (Å²) in [5.74, 6) is 2.07. The van der Waals surface area contributed by atoms with Crippen molar-refractivity contribution < 1.29 is 14.1 Å². The minimum atomic E-state index is 0. The van der Waals surface area contributed by atoms with E-state index in [9.17, 15) is 4.79 Å². The van der Waals surface area contributed by atoms with Crippen molar-refractivity contribution in [3.63, 3.8) is 0 Å². The standard InChI is InChI=1S/C18H24N4O3.ClH/c1-22(14-10-11-19-12-14)17(23)5-3-4-16-20-18(21-25-16)13-6-8-15(24-2)9-7-13;/h6-9,14,19H,3-5,10-12H2,1-2H3;1H. The fourth-order valence-corrected chi connectivity index (χ4v) is 2.95. The second kappa shape index (κ2) is 9.54. The number of carbonyl (C=O) groups is 1. The molecule has 1 aromatic heterocycles. The number of likely N-dealkylation sites (N-methyl/N-ethyl adjacent to an activating group) is 1. The van der Waals surface area contributed by atoms with Crippen LogP contribution in [0.3, 0.4) is 0 Å². The Morgan fingerprint density at radius 2 is 2.15 bits per heavy atom. The van der Waals surface area contributed by atoms with Crippen molar-refractivity contribution in [1.82, 2.24) is 20.4 Å². The lowest BCUT2D eigenvalue weighted by Crippen LogP contribution is -2.38. The van der Waals surface area contributed by atoms with Crippen LogP contribution in [0, 0.1) is 0 Å². The number of carbonyl (C=O) groups excluding carboxylic acids is 1. The highest BCUT2D eigenvalue weighted by atomic mass is 35.5. The average Bonchev–Trinajstić information content (AvgIpc) is 3.33. The Labute approximate surface area is 159 Å². The molecule has 1 fully saturated rings. The fourth-order valence-electron chi connectivity index (χ4n) is 2.95. The number of nitrogens with one attached hydrogen (secondary N) is 1. The number of benzene rings is 1. The van der Waals surface area contributed by atoms with Crippen LogP contribution in [-0.4, -0.2) is 54.2 Å². The van der Waals surface area contributed by atoms with E-state index in [1.165, 1.54) is 0 Å². The van der Waals surface area contributed by atoms with Gasteiger partial charge in [0, 0.05) is 38.0 Å². The summed E-state index contributed by atoms with van der Waals surface area (Å²) in [5, 5.41) is 7.29. The summed E-state index contributed by atoms with van der Waals surface area (Å²) in [6.45, 7) is 1.87. The van der Waals surface area contributed by atoms with Crippen LogP contribution in [0.2, 0.25) is 0 Å². The number of aryl methyl sites for hydroxylation is 1. The highest BCUT2D eigenvalue weighted by Gasteiger charge is 2.22. The number of ether oxygens (including phenoxy) is 1. The van der Waals surface area contributed by atoms with E-state index >= 15 is 0 Å². The molecular weight excluding hydrogens is 356 g/mol. The van der Waals surface area contributed by atoms with E-state index in [-0.39, 0.29) is 18.3 Å². The Morgan fingerprint density at radius 1 is 1.38 bits per heavy atom. The zero-order valence-corrected chi connectivity index (χ0v) is 15.9. The fraction of sp³-hybridized carbons (Fsp3) is 0.500. The lowest BCUT2D eigenvalue weighted by molar-refractivity contribution is -0.131. The first-order chi connectivity index (χ1) is 12.2. The van der Waals surface area contributed by atoms with E-state index in [0.29, 0.717) is 37.0 Å². The van der Waals surface area contributed by atoms with Crippen molar-refractivity contribution in [3.8, 4) is 17.1 Å². The van der Waals surface area contributed by atoms with Crippen molar-refractivity contribution in [1.29, 1.82) is 0 Å². The average molecular weight is 381 g/mol. The van der Waals surface area contributed by atoms with Gasteiger partial charge in [0.2, 0.25) is 17.6 Å². The highest BCUT2D eigenvalue weighted by molar-refractivity contribution is 5.85. The van der Waals surface area contributed by atoms with E-state index < -0.39 is 0 Å². The first-order valence-corrected chi connectivity index (χ1v) is 8.61. The quantitative estimate of drug-likeness (QED) is 0.793. The molecule has 1 atom stereocenters. The number of nitrogens with zero attached hydrogens (tertiary/aromatic N) is 3. The minimum absolute atomic E-state index is 0. The molecule has 1 saturated heterocycles. The maximum absolute atomic E-state index is 12.2. The maximum Gasteiger partial charge on any atom is 0.226 e. The van der Waals surface area contributed by atoms with Gasteiger partial charge in [0.25, 0.3) is 0 Å². The van der Waals surface area contributed by atoms with Gasteiger partial charge < -0.3 is 19.5 Å². The Balaban J connectivity index is 0.00000243. The third kappa shape index (κ3) is 4.95. The normalized spacial score (nSPS) is 16.2. The van der Waals surface area contributed by atoms with Crippen LogP contribution in [0.25, 0.3) is 11.4 Å². The first kappa shape index (κ1) is 20.2. The molecule has 0 aliphatic carbocycles. The van der Waals surface area contributed by atoms with Gasteiger partial charge in [-0.15, -0.1) is 12.4 Å². The molecule has 0 spiro atoms. The van der Waals surface area contributed by atoms with Crippen molar-refractivity contribution in [2.45, 2.75) is 31.7 Å². The molecule has 0 bridgehead atoms. The molecule has 0 saturated carbocycles. The van der Waals surface area contributed by atoms with Gasteiger partial charge in [-0.2, -0.15) is 4.98 Å². The Hall–Kier alpha value is -2.12. The topological polar surface area (TPSA) is 80.5 Å². The van der Waals surface area contributed by atoms with Crippen molar-refractivity contribution >= 4 is 18.3 Å². The molecule has 26 heavy (non-hydrogen) atoms. The summed E-state index contributed by atoms with van der Waals surface area (Å²) in [4.78, 5) is 18.5. The molecule has 1 aliphatic rings. The van der Waals surface area contributed by atoms with Crippen LogP contribution in [0.4, 0.5) is 0 Å². The van der Waals surface area contributed by atoms with Crippen LogP contribution in [-0.2, 0) is 11.2 Å². The predicted octanol–water partition coefficient (Wildman–Crippen LogP) is 2.31. The van der Waals surface area contributed by atoms with E-state index in [2.05, 4.69) is 15.5 Å². The van der Waals surface area contributed by atoms with E-state index in [1.54, 1.807) is 7.11 Å². The van der Waals surface area contributed by atoms with Gasteiger partial charge in [-0.3, -0.25) is 4.79 Å². The summed E-state index contributed by atoms with van der Waals surface area (Å²) >= 11 is 0. The van der Waals surface area contributed by atoms with Gasteiger partial charge in [-0.1, -0.05) is 5.16 Å². The molecule has 2 heterocycles. The SMILES string of the molecule is COc1ccc(-c2noc(CCCC(=O)N(C)C3CCNC3)n2)cc1.Cl. The number of rotatable bonds is 7. The summed E-state index contributed by atoms with van der Waals surface area (Å²) in [5.41, 5.74) is 0.875. The van der Waals surface area contributed by atoms with Crippen LogP contribution in [0.15, 0.2) is 28.8 Å². The molecule has 1 unspecified atom stereocenters. The van der Waals surface area contributed by atoms with Crippen LogP contribution < -0.4 is 10.1 Å². The summed E-state index contributed by atoms with van der Waals surface area (Å²) in [7, 11) is 3.51. The molecule has 1 N–H and O–H groups in total. The largest absolute Gasteiger partial charge is 0.497 e. The molecule has 1 aliphatic heterocycles. The van der Waals surface area contributed by atoms with Gasteiger partial charge in [-0.05, 0) is 43.7 Å². The van der Waals surface area contributed by atoms with E-state index in [1.807, 2.05) is 36.2 Å². The lowest BCUT2D eigenvalue weighted by atomic mass is 10.1. The third-order valence-corrected chi connectivity index (χ3v) is 4.57. The molecule has 0 radical (unpaired) electrons. The highest BCUT2D eigenvalue weighted by Crippen LogP contribution is 2.20. The summed E-state index contributed by atoms with van der Waals surface area (Å²) < 4.78 is 10.4. The van der Waals surface area contributed by atoms with Gasteiger partial charge in [0.15, 0.2) is 0 Å². The predicted molar refractivity (Wildman–Crippen MR) is 101 cm³/mol. The lowest BCUT2D eigenvalue weighted by Gasteiger charge is -2.23. The zero-order valence-electron chi connectivity index (χ0n) is 15.1. The number of aromatic nitrogens is 2. The van der Waals surface area contributed by atoms with Crippen LogP contribution in [0.1, 0.15) is 25.2 Å². The minimum Gasteiger partial charge on any atom is -0.497 e. The monoisotopic (exact) mass is 380 g/mol. The molecule has 1 amide bonds. The Bertz CT molecular complexity index is 699.